The van der Waals surface area contributed by atoms with Crippen molar-refractivity contribution in [2.75, 3.05) is 32.1 Å². The Morgan fingerprint density at radius 1 is 1.41 bits per heavy atom. The van der Waals surface area contributed by atoms with Crippen LogP contribution in [-0.2, 0) is 22.7 Å². The molecule has 1 aliphatic heterocycles. The molecule has 34 heavy (non-hydrogen) atoms. The summed E-state index contributed by atoms with van der Waals surface area (Å²) in [7, 11) is 1.68. The highest BCUT2D eigenvalue weighted by Gasteiger charge is 2.29. The summed E-state index contributed by atoms with van der Waals surface area (Å²) in [6.07, 6.45) is 2.39. The normalized spacial score (nSPS) is 20.8. The first-order chi connectivity index (χ1) is 16.2. The maximum absolute atomic E-state index is 12.9. The Labute approximate surface area is 199 Å². The standard InChI is InChI=1S/C22H35N7O5/c1-14-9-29(15(2)12-30)20(31)7-6-8-28-10-18(24-26-28)13-33-19(14)11-27(5)22(32)23-21-16(3)25-34-17(21)4/h10,14-15,19,30H,6-9,11-13H2,1-5H3,(H,23,32)/t14-,15+,19-/m0/s1. The number of nitrogens with one attached hydrogen (secondary N) is 1. The van der Waals surface area contributed by atoms with Crippen molar-refractivity contribution in [3.63, 3.8) is 0 Å². The zero-order valence-electron chi connectivity index (χ0n) is 20.5. The zero-order chi connectivity index (χ0) is 24.8. The van der Waals surface area contributed by atoms with Gasteiger partial charge in [0, 0.05) is 39.0 Å². The lowest BCUT2D eigenvalue weighted by atomic mass is 10.0. The molecule has 0 spiro atoms. The van der Waals surface area contributed by atoms with Gasteiger partial charge in [-0.1, -0.05) is 17.3 Å². The highest BCUT2D eigenvalue weighted by Crippen LogP contribution is 2.20. The van der Waals surface area contributed by atoms with E-state index in [1.165, 1.54) is 4.90 Å². The number of ether oxygens (including phenoxy) is 1. The van der Waals surface area contributed by atoms with E-state index in [0.29, 0.717) is 48.8 Å². The minimum atomic E-state index is -0.396. The molecule has 0 saturated heterocycles. The smallest absolute Gasteiger partial charge is 0.321 e. The molecule has 2 N–H and O–H groups in total. The number of fused-ring (bicyclic) bond motifs is 2. The molecule has 2 aromatic rings. The molecule has 2 bridgehead atoms. The summed E-state index contributed by atoms with van der Waals surface area (Å²) in [6, 6.07) is -0.644. The van der Waals surface area contributed by atoms with E-state index in [0.717, 1.165) is 0 Å². The van der Waals surface area contributed by atoms with Crippen LogP contribution in [0.4, 0.5) is 10.5 Å². The molecule has 0 aliphatic carbocycles. The predicted molar refractivity (Wildman–Crippen MR) is 123 cm³/mol. The van der Waals surface area contributed by atoms with Gasteiger partial charge in [-0.15, -0.1) is 5.10 Å². The van der Waals surface area contributed by atoms with Crippen molar-refractivity contribution < 1.29 is 24.0 Å². The van der Waals surface area contributed by atoms with Crippen LogP contribution >= 0.6 is 0 Å². The van der Waals surface area contributed by atoms with Crippen LogP contribution in [0.3, 0.4) is 0 Å². The van der Waals surface area contributed by atoms with E-state index >= 15 is 0 Å². The van der Waals surface area contributed by atoms with E-state index in [1.54, 1.807) is 30.5 Å². The molecule has 12 nitrogen and oxygen atoms in total. The summed E-state index contributed by atoms with van der Waals surface area (Å²) in [5, 5.41) is 24.7. The van der Waals surface area contributed by atoms with Crippen LogP contribution in [0.1, 0.15) is 43.8 Å². The molecule has 0 aromatic carbocycles. The molecule has 3 rings (SSSR count). The van der Waals surface area contributed by atoms with E-state index in [1.807, 2.05) is 20.0 Å². The number of anilines is 1. The number of nitrogens with zero attached hydrogens (tertiary/aromatic N) is 6. The largest absolute Gasteiger partial charge is 0.394 e. The van der Waals surface area contributed by atoms with Crippen LogP contribution in [0.15, 0.2) is 10.7 Å². The molecule has 3 heterocycles. The maximum atomic E-state index is 12.9. The Balaban J connectivity index is 1.77. The molecule has 2 aromatic heterocycles. The van der Waals surface area contributed by atoms with Gasteiger partial charge >= 0.3 is 6.03 Å². The lowest BCUT2D eigenvalue weighted by Gasteiger charge is -2.35. The number of aliphatic hydroxyl groups is 1. The molecule has 188 valence electrons. The Hall–Kier alpha value is -2.99. The van der Waals surface area contributed by atoms with Crippen LogP contribution in [0, 0.1) is 19.8 Å². The number of carbonyl (C=O) groups is 2. The fourth-order valence-corrected chi connectivity index (χ4v) is 3.91. The second-order valence-electron chi connectivity index (χ2n) is 8.99. The lowest BCUT2D eigenvalue weighted by molar-refractivity contribution is -0.136. The van der Waals surface area contributed by atoms with Gasteiger partial charge in [0.15, 0.2) is 5.76 Å². The third-order valence-electron chi connectivity index (χ3n) is 6.11. The monoisotopic (exact) mass is 477 g/mol. The number of aliphatic hydroxyl groups excluding tert-OH is 1. The number of likely N-dealkylation sites (N-methyl/N-ethyl adjacent to an activating group) is 1. The van der Waals surface area contributed by atoms with Crippen molar-refractivity contribution in [3.8, 4) is 0 Å². The van der Waals surface area contributed by atoms with Crippen molar-refractivity contribution in [3.05, 3.63) is 23.3 Å². The molecule has 0 unspecified atom stereocenters. The van der Waals surface area contributed by atoms with Gasteiger partial charge in [0.25, 0.3) is 0 Å². The molecular formula is C22H35N7O5. The third kappa shape index (κ3) is 6.32. The fourth-order valence-electron chi connectivity index (χ4n) is 3.91. The first-order valence-corrected chi connectivity index (χ1v) is 11.6. The van der Waals surface area contributed by atoms with Gasteiger partial charge < -0.3 is 29.5 Å². The number of aromatic nitrogens is 4. The third-order valence-corrected chi connectivity index (χ3v) is 6.11. The molecule has 3 amide bonds. The van der Waals surface area contributed by atoms with Gasteiger partial charge in [-0.25, -0.2) is 4.79 Å². The second kappa shape index (κ2) is 11.4. The topological polar surface area (TPSA) is 139 Å². The number of hydrogen-bond donors (Lipinski definition) is 2. The van der Waals surface area contributed by atoms with Crippen LogP contribution in [0.5, 0.6) is 0 Å². The van der Waals surface area contributed by atoms with Crippen molar-refractivity contribution in [1.82, 2.24) is 30.0 Å². The number of amides is 3. The summed E-state index contributed by atoms with van der Waals surface area (Å²) in [4.78, 5) is 29.0. The van der Waals surface area contributed by atoms with Crippen molar-refractivity contribution >= 4 is 17.6 Å². The van der Waals surface area contributed by atoms with Crippen molar-refractivity contribution in [1.29, 1.82) is 0 Å². The molecule has 1 aliphatic rings. The van der Waals surface area contributed by atoms with Gasteiger partial charge in [0.1, 0.15) is 17.1 Å². The summed E-state index contributed by atoms with van der Waals surface area (Å²) in [5.74, 6) is 0.375. The first kappa shape index (κ1) is 25.6. The van der Waals surface area contributed by atoms with E-state index in [2.05, 4.69) is 20.8 Å². The molecule has 12 heteroatoms. The van der Waals surface area contributed by atoms with Gasteiger partial charge in [-0.05, 0) is 27.2 Å². The Bertz CT molecular complexity index is 955. The lowest BCUT2D eigenvalue weighted by Crippen LogP contribution is -2.48. The van der Waals surface area contributed by atoms with E-state index in [-0.39, 0.29) is 43.7 Å². The van der Waals surface area contributed by atoms with Crippen LogP contribution < -0.4 is 5.32 Å². The van der Waals surface area contributed by atoms with Gasteiger partial charge in [-0.2, -0.15) is 0 Å². The van der Waals surface area contributed by atoms with Gasteiger partial charge in [-0.3, -0.25) is 9.48 Å². The van der Waals surface area contributed by atoms with Gasteiger partial charge in [0.05, 0.1) is 31.6 Å². The summed E-state index contributed by atoms with van der Waals surface area (Å²) in [6.45, 7) is 8.65. The Kier molecular flexibility index (Phi) is 8.61. The number of aryl methyl sites for hydroxylation is 3. The Morgan fingerprint density at radius 2 is 2.18 bits per heavy atom. The van der Waals surface area contributed by atoms with Crippen LogP contribution in [0.25, 0.3) is 0 Å². The van der Waals surface area contributed by atoms with E-state index < -0.39 is 6.10 Å². The van der Waals surface area contributed by atoms with E-state index in [4.69, 9.17) is 9.26 Å². The van der Waals surface area contributed by atoms with Crippen LogP contribution in [0.2, 0.25) is 0 Å². The molecule has 3 atom stereocenters. The SMILES string of the molecule is Cc1noc(C)c1NC(=O)N(C)C[C@@H]1OCc2cn(nn2)CCCC(=O)N([C@H](C)CO)C[C@@H]1C. The number of urea groups is 1. The van der Waals surface area contributed by atoms with Crippen molar-refractivity contribution in [2.24, 2.45) is 5.92 Å². The second-order valence-corrected chi connectivity index (χ2v) is 8.99. The highest BCUT2D eigenvalue weighted by molar-refractivity contribution is 5.90. The quantitative estimate of drug-likeness (QED) is 0.662. The first-order valence-electron chi connectivity index (χ1n) is 11.6. The highest BCUT2D eigenvalue weighted by atomic mass is 16.5. The number of carbonyl (C=O) groups excluding carboxylic acids is 2. The fraction of sp³-hybridized carbons (Fsp3) is 0.682. The molecule has 0 saturated carbocycles. The Morgan fingerprint density at radius 3 is 2.85 bits per heavy atom. The average molecular weight is 478 g/mol. The number of hydrogen-bond acceptors (Lipinski definition) is 8. The van der Waals surface area contributed by atoms with Crippen LogP contribution in [-0.4, -0.2) is 85.9 Å². The maximum Gasteiger partial charge on any atom is 0.321 e. The minimum Gasteiger partial charge on any atom is -0.394 e. The summed E-state index contributed by atoms with van der Waals surface area (Å²) < 4.78 is 13.0. The summed E-state index contributed by atoms with van der Waals surface area (Å²) >= 11 is 0. The zero-order valence-corrected chi connectivity index (χ0v) is 20.5. The predicted octanol–water partition coefficient (Wildman–Crippen LogP) is 1.57. The molecule has 0 radical (unpaired) electrons. The van der Waals surface area contributed by atoms with Gasteiger partial charge in [0.2, 0.25) is 5.91 Å². The summed E-state index contributed by atoms with van der Waals surface area (Å²) in [5.41, 5.74) is 1.83. The molecule has 0 fully saturated rings. The number of rotatable bonds is 5. The average Bonchev–Trinajstić information content (AvgIpc) is 3.40. The molecular weight excluding hydrogens is 442 g/mol. The van der Waals surface area contributed by atoms with E-state index in [9.17, 15) is 14.7 Å². The van der Waals surface area contributed by atoms with Crippen molar-refractivity contribution in [2.45, 2.75) is 65.8 Å². The minimum absolute atomic E-state index is 0.0313.